The number of rotatable bonds is 9. The van der Waals surface area contributed by atoms with Gasteiger partial charge in [-0.25, -0.2) is 9.55 Å². The second-order valence-corrected chi connectivity index (χ2v) is 12.5. The van der Waals surface area contributed by atoms with Gasteiger partial charge >= 0.3 is 13.7 Å². The average molecular weight is 605 g/mol. The van der Waals surface area contributed by atoms with Gasteiger partial charge in [0.15, 0.2) is 23.2 Å². The number of fused-ring (bicyclic) bond motifs is 2. The quantitative estimate of drug-likeness (QED) is 0.239. The molecule has 6 atom stereocenters. The van der Waals surface area contributed by atoms with E-state index in [1.54, 1.807) is 34.9 Å². The van der Waals surface area contributed by atoms with E-state index in [4.69, 9.17) is 33.7 Å². The zero-order chi connectivity index (χ0) is 29.7. The number of carbonyl (C=O) groups is 1. The topological polar surface area (TPSA) is 191 Å². The number of carbonyl (C=O) groups excluding carboxylic acids is 1. The molecule has 0 bridgehead atoms. The molecule has 1 aromatic carbocycles. The Morgan fingerprint density at radius 3 is 2.76 bits per heavy atom. The van der Waals surface area contributed by atoms with Crippen molar-refractivity contribution in [3.05, 3.63) is 47.0 Å². The normalized spacial score (nSPS) is 28.5. The molecule has 15 nitrogen and oxygen atoms in total. The number of esters is 1. The largest absolute Gasteiger partial charge is 0.468 e. The first-order chi connectivity index (χ1) is 20.0. The Balaban J connectivity index is 1.31. The lowest BCUT2D eigenvalue weighted by Gasteiger charge is -2.31. The van der Waals surface area contributed by atoms with Crippen LogP contribution in [0.2, 0.25) is 0 Å². The highest BCUT2D eigenvalue weighted by Gasteiger charge is 2.67. The third-order valence-electron chi connectivity index (χ3n) is 7.80. The highest BCUT2D eigenvalue weighted by atomic mass is 31.2. The summed E-state index contributed by atoms with van der Waals surface area (Å²) in [5.74, 6) is -1.27. The molecule has 3 aliphatic rings. The van der Waals surface area contributed by atoms with E-state index >= 15 is 0 Å². The maximum atomic E-state index is 14.0. The van der Waals surface area contributed by atoms with Gasteiger partial charge in [0.25, 0.3) is 5.56 Å². The van der Waals surface area contributed by atoms with E-state index in [-0.39, 0.29) is 29.5 Å². The SMILES string of the molecule is COC(=O)[C@H](C)NP(=O)(OC[C@H]1O[C@@H](n2cnc3c(=O)[nH]c(N)nc32)C2(C)OC3(CCCC3)O[C@@H]12)Oc1ccccc1. The molecule has 0 radical (unpaired) electrons. The number of nitrogens with two attached hydrogens (primary N) is 1. The summed E-state index contributed by atoms with van der Waals surface area (Å²) in [5, 5.41) is 2.64. The molecule has 16 heteroatoms. The van der Waals surface area contributed by atoms with Crippen molar-refractivity contribution in [2.75, 3.05) is 19.5 Å². The number of imidazole rings is 1. The summed E-state index contributed by atoms with van der Waals surface area (Å²) in [5.41, 5.74) is 4.58. The number of benzene rings is 1. The Hall–Kier alpha value is -3.33. The fourth-order valence-electron chi connectivity index (χ4n) is 5.90. The van der Waals surface area contributed by atoms with E-state index in [1.807, 2.05) is 6.92 Å². The van der Waals surface area contributed by atoms with Crippen molar-refractivity contribution in [1.82, 2.24) is 24.6 Å². The summed E-state index contributed by atoms with van der Waals surface area (Å²) in [6.07, 6.45) is 2.38. The van der Waals surface area contributed by atoms with Crippen LogP contribution in [0, 0.1) is 0 Å². The molecule has 1 aliphatic carbocycles. The van der Waals surface area contributed by atoms with E-state index in [1.165, 1.54) is 20.4 Å². The number of ether oxygens (including phenoxy) is 4. The van der Waals surface area contributed by atoms with E-state index < -0.39 is 55.1 Å². The Morgan fingerprint density at radius 2 is 2.05 bits per heavy atom. The summed E-state index contributed by atoms with van der Waals surface area (Å²) < 4.78 is 51.7. The molecule has 4 heterocycles. The predicted octanol–water partition coefficient (Wildman–Crippen LogP) is 2.40. The molecule has 3 fully saturated rings. The van der Waals surface area contributed by atoms with Gasteiger partial charge in [-0.05, 0) is 38.8 Å². The molecule has 3 aromatic rings. The van der Waals surface area contributed by atoms with Crippen LogP contribution in [-0.4, -0.2) is 68.8 Å². The van der Waals surface area contributed by atoms with Crippen molar-refractivity contribution in [3.8, 4) is 5.75 Å². The maximum Gasteiger partial charge on any atom is 0.459 e. The highest BCUT2D eigenvalue weighted by molar-refractivity contribution is 7.52. The van der Waals surface area contributed by atoms with Crippen LogP contribution in [-0.2, 0) is 32.8 Å². The third kappa shape index (κ3) is 5.10. The molecule has 226 valence electrons. The molecule has 2 aliphatic heterocycles. The number of hydrogen-bond acceptors (Lipinski definition) is 12. The lowest BCUT2D eigenvalue weighted by Crippen LogP contribution is -2.42. The lowest BCUT2D eigenvalue weighted by molar-refractivity contribution is -0.231. The van der Waals surface area contributed by atoms with Gasteiger partial charge in [-0.15, -0.1) is 0 Å². The molecule has 2 saturated heterocycles. The van der Waals surface area contributed by atoms with Crippen LogP contribution in [0.1, 0.15) is 45.8 Å². The molecule has 6 rings (SSSR count). The first-order valence-corrected chi connectivity index (χ1v) is 15.2. The summed E-state index contributed by atoms with van der Waals surface area (Å²) in [6.45, 7) is 3.08. The number of anilines is 1. The molecule has 1 spiro atoms. The van der Waals surface area contributed by atoms with E-state index in [2.05, 4.69) is 20.0 Å². The van der Waals surface area contributed by atoms with Gasteiger partial charge in [0, 0.05) is 12.8 Å². The van der Waals surface area contributed by atoms with Crippen molar-refractivity contribution >= 4 is 30.8 Å². The van der Waals surface area contributed by atoms with Crippen LogP contribution in [0.5, 0.6) is 5.75 Å². The fraction of sp³-hybridized carbons (Fsp3) is 0.538. The van der Waals surface area contributed by atoms with Gasteiger partial charge in [-0.2, -0.15) is 10.1 Å². The Bertz CT molecular complexity index is 1580. The molecular weight excluding hydrogens is 571 g/mol. The van der Waals surface area contributed by atoms with E-state index in [9.17, 15) is 14.2 Å². The fourth-order valence-corrected chi connectivity index (χ4v) is 7.41. The zero-order valence-corrected chi connectivity index (χ0v) is 24.2. The summed E-state index contributed by atoms with van der Waals surface area (Å²) in [4.78, 5) is 35.6. The number of H-pyrrole nitrogens is 1. The molecule has 2 aromatic heterocycles. The van der Waals surface area contributed by atoms with Crippen molar-refractivity contribution in [3.63, 3.8) is 0 Å². The van der Waals surface area contributed by atoms with Crippen LogP contribution in [0.25, 0.3) is 11.2 Å². The monoisotopic (exact) mass is 604 g/mol. The Labute approximate surface area is 240 Å². The minimum absolute atomic E-state index is 0.0745. The Kier molecular flexibility index (Phi) is 7.36. The number of hydrogen-bond donors (Lipinski definition) is 3. The minimum Gasteiger partial charge on any atom is -0.468 e. The van der Waals surface area contributed by atoms with Gasteiger partial charge in [-0.1, -0.05) is 18.2 Å². The van der Waals surface area contributed by atoms with Gasteiger partial charge in [-0.3, -0.25) is 23.7 Å². The smallest absolute Gasteiger partial charge is 0.459 e. The van der Waals surface area contributed by atoms with Crippen LogP contribution >= 0.6 is 7.75 Å². The number of methoxy groups -OCH3 is 1. The average Bonchev–Trinajstić information content (AvgIpc) is 3.70. The second kappa shape index (κ2) is 10.7. The third-order valence-corrected chi connectivity index (χ3v) is 9.44. The first kappa shape index (κ1) is 28.8. The van der Waals surface area contributed by atoms with Gasteiger partial charge in [0.2, 0.25) is 5.95 Å². The molecule has 0 amide bonds. The van der Waals surface area contributed by atoms with Crippen LogP contribution in [0.3, 0.4) is 0 Å². The van der Waals surface area contributed by atoms with Gasteiger partial charge in [0.1, 0.15) is 29.6 Å². The predicted molar refractivity (Wildman–Crippen MR) is 147 cm³/mol. The van der Waals surface area contributed by atoms with Crippen molar-refractivity contribution in [2.45, 2.75) is 75.4 Å². The van der Waals surface area contributed by atoms with Crippen LogP contribution in [0.15, 0.2) is 41.5 Å². The molecular formula is C26H33N6O9P. The molecule has 4 N–H and O–H groups in total. The maximum absolute atomic E-state index is 14.0. The number of nitrogen functional groups attached to an aromatic ring is 1. The lowest BCUT2D eigenvalue weighted by atomic mass is 9.96. The van der Waals surface area contributed by atoms with Crippen molar-refractivity contribution in [2.24, 2.45) is 0 Å². The summed E-state index contributed by atoms with van der Waals surface area (Å²) >= 11 is 0. The van der Waals surface area contributed by atoms with E-state index in [0.29, 0.717) is 12.8 Å². The highest BCUT2D eigenvalue weighted by Crippen LogP contribution is 2.56. The van der Waals surface area contributed by atoms with Gasteiger partial charge in [0.05, 0.1) is 20.0 Å². The molecule has 42 heavy (non-hydrogen) atoms. The summed E-state index contributed by atoms with van der Waals surface area (Å²) in [6, 6.07) is 7.43. The van der Waals surface area contributed by atoms with Crippen molar-refractivity contribution in [1.29, 1.82) is 0 Å². The number of aromatic nitrogens is 4. The molecule has 1 saturated carbocycles. The first-order valence-electron chi connectivity index (χ1n) is 13.7. The molecule has 2 unspecified atom stereocenters. The summed E-state index contributed by atoms with van der Waals surface area (Å²) in [7, 11) is -2.94. The van der Waals surface area contributed by atoms with Crippen LogP contribution < -0.4 is 20.9 Å². The second-order valence-electron chi connectivity index (χ2n) is 10.8. The zero-order valence-electron chi connectivity index (χ0n) is 23.3. The number of nitrogens with one attached hydrogen (secondary N) is 2. The van der Waals surface area contributed by atoms with Crippen molar-refractivity contribution < 1.29 is 37.4 Å². The van der Waals surface area contributed by atoms with Gasteiger partial charge < -0.3 is 29.2 Å². The number of aromatic amines is 1. The van der Waals surface area contributed by atoms with Crippen LogP contribution in [0.4, 0.5) is 5.95 Å². The minimum atomic E-state index is -4.16. The number of nitrogens with zero attached hydrogens (tertiary/aromatic N) is 3. The number of para-hydroxylation sites is 1. The Morgan fingerprint density at radius 1 is 1.31 bits per heavy atom. The van der Waals surface area contributed by atoms with E-state index in [0.717, 1.165) is 12.8 Å². The standard InChI is InChI=1S/C26H33N6O9P/c1-15(22(34)36-3)31-42(35,40-16-9-5-4-6-10-16)37-13-17-19-25(2,41-26(39-19)11-7-8-12-26)23(38-17)32-14-28-18-20(32)29-24(27)30-21(18)33/h4-6,9-10,14-15,17,19,23H,7-8,11-13H2,1-3H3,(H,31,35)(H3,27,29,30,33)/t15-,17+,19-,23+,25?,42?/m0/s1.